The summed E-state index contributed by atoms with van der Waals surface area (Å²) in [5.41, 5.74) is 1.37. The van der Waals surface area contributed by atoms with Crippen molar-refractivity contribution in [1.29, 1.82) is 0 Å². The van der Waals surface area contributed by atoms with E-state index in [1.165, 1.54) is 12.1 Å². The highest BCUT2D eigenvalue weighted by molar-refractivity contribution is 5.41. The van der Waals surface area contributed by atoms with Crippen molar-refractivity contribution < 1.29 is 9.31 Å². The monoisotopic (exact) mass is 288 g/mol. The molecular weight excluding hydrogens is 271 g/mol. The van der Waals surface area contributed by atoms with E-state index in [0.29, 0.717) is 24.1 Å². The lowest BCUT2D eigenvalue weighted by Gasteiger charge is -2.14. The molecule has 0 saturated carbocycles. The SMILES string of the molecule is CC(NCCc1ccccc1F)c1ccccc1[N+](=O)[O-]. The predicted molar refractivity (Wildman–Crippen MR) is 79.6 cm³/mol. The number of halogens is 1. The van der Waals surface area contributed by atoms with Gasteiger partial charge in [-0.25, -0.2) is 4.39 Å². The smallest absolute Gasteiger partial charge is 0.274 e. The zero-order valence-electron chi connectivity index (χ0n) is 11.8. The van der Waals surface area contributed by atoms with E-state index in [4.69, 9.17) is 0 Å². The third-order valence-corrected chi connectivity index (χ3v) is 3.40. The Morgan fingerprint density at radius 2 is 1.86 bits per heavy atom. The first-order valence-corrected chi connectivity index (χ1v) is 6.79. The van der Waals surface area contributed by atoms with Crippen LogP contribution in [-0.2, 0) is 6.42 Å². The standard InChI is InChI=1S/C16H17FN2O2/c1-12(14-7-3-5-9-16(14)19(20)21)18-11-10-13-6-2-4-8-15(13)17/h2-9,12,18H,10-11H2,1H3. The number of hydrogen-bond donors (Lipinski definition) is 1. The molecule has 0 aliphatic rings. The molecule has 21 heavy (non-hydrogen) atoms. The quantitative estimate of drug-likeness (QED) is 0.652. The fraction of sp³-hybridized carbons (Fsp3) is 0.250. The van der Waals surface area contributed by atoms with Crippen molar-refractivity contribution in [2.75, 3.05) is 6.54 Å². The van der Waals surface area contributed by atoms with Gasteiger partial charge in [-0.05, 0) is 31.5 Å². The lowest BCUT2D eigenvalue weighted by atomic mass is 10.1. The summed E-state index contributed by atoms with van der Waals surface area (Å²) in [6.07, 6.45) is 0.539. The molecule has 110 valence electrons. The first kappa shape index (κ1) is 15.1. The van der Waals surface area contributed by atoms with Crippen LogP contribution < -0.4 is 5.32 Å². The number of benzene rings is 2. The summed E-state index contributed by atoms with van der Waals surface area (Å²) in [6.45, 7) is 2.41. The van der Waals surface area contributed by atoms with Crippen molar-refractivity contribution in [3.05, 3.63) is 75.6 Å². The van der Waals surface area contributed by atoms with E-state index in [9.17, 15) is 14.5 Å². The number of para-hydroxylation sites is 1. The zero-order chi connectivity index (χ0) is 15.2. The van der Waals surface area contributed by atoms with Crippen LogP contribution >= 0.6 is 0 Å². The molecule has 0 bridgehead atoms. The van der Waals surface area contributed by atoms with E-state index in [2.05, 4.69) is 5.32 Å². The maximum absolute atomic E-state index is 13.5. The summed E-state index contributed by atoms with van der Waals surface area (Å²) in [6, 6.07) is 13.1. The van der Waals surface area contributed by atoms with Crippen molar-refractivity contribution in [2.24, 2.45) is 0 Å². The van der Waals surface area contributed by atoms with Gasteiger partial charge in [0, 0.05) is 17.7 Å². The second-order valence-electron chi connectivity index (χ2n) is 4.83. The van der Waals surface area contributed by atoms with Crippen LogP contribution in [0.3, 0.4) is 0 Å². The zero-order valence-corrected chi connectivity index (χ0v) is 11.8. The van der Waals surface area contributed by atoms with E-state index >= 15 is 0 Å². The molecule has 0 aromatic heterocycles. The van der Waals surface area contributed by atoms with E-state index in [-0.39, 0.29) is 22.5 Å². The number of nitrogens with zero attached hydrogens (tertiary/aromatic N) is 1. The molecule has 0 spiro atoms. The molecule has 4 nitrogen and oxygen atoms in total. The summed E-state index contributed by atoms with van der Waals surface area (Å²) in [4.78, 5) is 10.6. The van der Waals surface area contributed by atoms with Crippen LogP contribution in [0, 0.1) is 15.9 Å². The minimum absolute atomic E-state index is 0.100. The normalized spacial score (nSPS) is 12.1. The molecule has 1 atom stereocenters. The van der Waals surface area contributed by atoms with Crippen LogP contribution in [0.25, 0.3) is 0 Å². The number of hydrogen-bond acceptors (Lipinski definition) is 3. The Balaban J connectivity index is 1.98. The predicted octanol–water partition coefficient (Wildman–Crippen LogP) is 3.63. The Bertz CT molecular complexity index is 631. The molecule has 2 aromatic rings. The fourth-order valence-corrected chi connectivity index (χ4v) is 2.25. The summed E-state index contributed by atoms with van der Waals surface area (Å²) < 4.78 is 13.5. The van der Waals surface area contributed by atoms with Crippen molar-refractivity contribution in [3.63, 3.8) is 0 Å². The molecular formula is C16H17FN2O2. The highest BCUT2D eigenvalue weighted by Crippen LogP contribution is 2.24. The van der Waals surface area contributed by atoms with Gasteiger partial charge in [-0.3, -0.25) is 10.1 Å². The Morgan fingerprint density at radius 3 is 2.57 bits per heavy atom. The molecule has 1 N–H and O–H groups in total. The average molecular weight is 288 g/mol. The Morgan fingerprint density at radius 1 is 1.19 bits per heavy atom. The average Bonchev–Trinajstić information content (AvgIpc) is 2.49. The van der Waals surface area contributed by atoms with Gasteiger partial charge in [-0.1, -0.05) is 36.4 Å². The first-order chi connectivity index (χ1) is 10.1. The first-order valence-electron chi connectivity index (χ1n) is 6.79. The Labute approximate surface area is 122 Å². The van der Waals surface area contributed by atoms with Gasteiger partial charge < -0.3 is 5.32 Å². The minimum Gasteiger partial charge on any atom is -0.310 e. The molecule has 0 fully saturated rings. The number of nitro groups is 1. The minimum atomic E-state index is -0.385. The molecule has 0 aliphatic carbocycles. The molecule has 0 aliphatic heterocycles. The molecule has 5 heteroatoms. The van der Waals surface area contributed by atoms with Gasteiger partial charge in [-0.15, -0.1) is 0 Å². The van der Waals surface area contributed by atoms with E-state index in [0.717, 1.165) is 0 Å². The summed E-state index contributed by atoms with van der Waals surface area (Å²) >= 11 is 0. The number of nitro benzene ring substituents is 1. The van der Waals surface area contributed by atoms with Crippen LogP contribution in [0.5, 0.6) is 0 Å². The van der Waals surface area contributed by atoms with Crippen molar-refractivity contribution in [1.82, 2.24) is 5.32 Å². The Hall–Kier alpha value is -2.27. The lowest BCUT2D eigenvalue weighted by molar-refractivity contribution is -0.385. The number of rotatable bonds is 6. The fourth-order valence-electron chi connectivity index (χ4n) is 2.25. The third-order valence-electron chi connectivity index (χ3n) is 3.40. The van der Waals surface area contributed by atoms with Gasteiger partial charge in [0.2, 0.25) is 0 Å². The van der Waals surface area contributed by atoms with E-state index in [1.54, 1.807) is 36.4 Å². The second-order valence-corrected chi connectivity index (χ2v) is 4.83. The highest BCUT2D eigenvalue weighted by Gasteiger charge is 2.17. The van der Waals surface area contributed by atoms with Crippen LogP contribution in [0.2, 0.25) is 0 Å². The summed E-state index contributed by atoms with van der Waals surface area (Å²) in [5.74, 6) is -0.224. The van der Waals surface area contributed by atoms with Crippen molar-refractivity contribution >= 4 is 5.69 Å². The maximum Gasteiger partial charge on any atom is 0.274 e. The molecule has 0 heterocycles. The largest absolute Gasteiger partial charge is 0.310 e. The number of nitrogens with one attached hydrogen (secondary N) is 1. The van der Waals surface area contributed by atoms with E-state index < -0.39 is 0 Å². The van der Waals surface area contributed by atoms with Gasteiger partial charge >= 0.3 is 0 Å². The molecule has 0 saturated heterocycles. The molecule has 0 amide bonds. The molecule has 0 radical (unpaired) electrons. The lowest BCUT2D eigenvalue weighted by Crippen LogP contribution is -2.22. The maximum atomic E-state index is 13.5. The summed E-state index contributed by atoms with van der Waals surface area (Å²) in [5, 5.41) is 14.2. The summed E-state index contributed by atoms with van der Waals surface area (Å²) in [7, 11) is 0. The van der Waals surface area contributed by atoms with Crippen molar-refractivity contribution in [3.8, 4) is 0 Å². The van der Waals surface area contributed by atoms with Crippen molar-refractivity contribution in [2.45, 2.75) is 19.4 Å². The third kappa shape index (κ3) is 3.86. The second kappa shape index (κ2) is 6.95. The van der Waals surface area contributed by atoms with Gasteiger partial charge in [0.15, 0.2) is 0 Å². The highest BCUT2D eigenvalue weighted by atomic mass is 19.1. The van der Waals surface area contributed by atoms with Gasteiger partial charge in [0.1, 0.15) is 5.82 Å². The van der Waals surface area contributed by atoms with Crippen LogP contribution in [0.15, 0.2) is 48.5 Å². The van der Waals surface area contributed by atoms with Gasteiger partial charge in [0.25, 0.3) is 5.69 Å². The molecule has 1 unspecified atom stereocenters. The van der Waals surface area contributed by atoms with E-state index in [1.807, 2.05) is 6.92 Å². The van der Waals surface area contributed by atoms with Crippen LogP contribution in [0.4, 0.5) is 10.1 Å². The van der Waals surface area contributed by atoms with Gasteiger partial charge in [0.05, 0.1) is 4.92 Å². The molecule has 2 aromatic carbocycles. The topological polar surface area (TPSA) is 55.2 Å². The van der Waals surface area contributed by atoms with Crippen LogP contribution in [0.1, 0.15) is 24.1 Å². The van der Waals surface area contributed by atoms with Crippen LogP contribution in [-0.4, -0.2) is 11.5 Å². The Kier molecular flexibility index (Phi) is 5.00. The molecule has 2 rings (SSSR count). The van der Waals surface area contributed by atoms with Gasteiger partial charge in [-0.2, -0.15) is 0 Å².